The first-order chi connectivity index (χ1) is 16.0. The highest BCUT2D eigenvalue weighted by molar-refractivity contribution is 5.97. The van der Waals surface area contributed by atoms with E-state index >= 15 is 0 Å². The molecule has 0 saturated heterocycles. The van der Waals surface area contributed by atoms with Crippen molar-refractivity contribution in [3.8, 4) is 0 Å². The molecule has 3 atom stereocenters. The molecule has 8 heteroatoms. The van der Waals surface area contributed by atoms with Crippen molar-refractivity contribution in [1.82, 2.24) is 20.9 Å². The van der Waals surface area contributed by atoms with Gasteiger partial charge in [0.15, 0.2) is 6.10 Å². The second-order valence-corrected chi connectivity index (χ2v) is 9.89. The van der Waals surface area contributed by atoms with Crippen LogP contribution in [0.3, 0.4) is 0 Å². The van der Waals surface area contributed by atoms with Gasteiger partial charge in [-0.1, -0.05) is 44.2 Å². The lowest BCUT2D eigenvalue weighted by Gasteiger charge is -2.29. The molecular weight excluding hydrogens is 432 g/mol. The van der Waals surface area contributed by atoms with Crippen LogP contribution in [0.25, 0.3) is 0 Å². The Morgan fingerprint density at radius 2 is 1.65 bits per heavy atom. The molecule has 1 aromatic carbocycles. The molecule has 0 saturated carbocycles. The van der Waals surface area contributed by atoms with Crippen LogP contribution in [0.5, 0.6) is 0 Å². The van der Waals surface area contributed by atoms with Gasteiger partial charge in [0, 0.05) is 17.9 Å². The van der Waals surface area contributed by atoms with Gasteiger partial charge in [-0.3, -0.25) is 19.4 Å². The van der Waals surface area contributed by atoms with Gasteiger partial charge in [0.1, 0.15) is 6.04 Å². The quantitative estimate of drug-likeness (QED) is 0.426. The van der Waals surface area contributed by atoms with Gasteiger partial charge >= 0.3 is 0 Å². The Morgan fingerprint density at radius 1 is 0.971 bits per heavy atom. The van der Waals surface area contributed by atoms with Crippen LogP contribution in [-0.2, 0) is 16.0 Å². The number of pyridine rings is 1. The topological polar surface area (TPSA) is 120 Å². The molecular formula is C26H36N4O4. The van der Waals surface area contributed by atoms with Crippen LogP contribution in [0, 0.1) is 5.92 Å². The Kier molecular flexibility index (Phi) is 9.74. The van der Waals surface area contributed by atoms with Crippen molar-refractivity contribution in [2.45, 2.75) is 71.2 Å². The molecule has 0 aliphatic rings. The molecule has 0 fully saturated rings. The Bertz CT molecular complexity index is 942. The zero-order valence-electron chi connectivity index (χ0n) is 20.5. The van der Waals surface area contributed by atoms with Gasteiger partial charge in [0.2, 0.25) is 5.91 Å². The van der Waals surface area contributed by atoms with Crippen LogP contribution in [0.4, 0.5) is 0 Å². The number of amides is 3. The van der Waals surface area contributed by atoms with Crippen molar-refractivity contribution >= 4 is 17.7 Å². The molecule has 0 bridgehead atoms. The normalized spacial score (nSPS) is 14.1. The fourth-order valence-corrected chi connectivity index (χ4v) is 3.46. The van der Waals surface area contributed by atoms with Crippen molar-refractivity contribution in [3.63, 3.8) is 0 Å². The summed E-state index contributed by atoms with van der Waals surface area (Å²) in [4.78, 5) is 42.6. The van der Waals surface area contributed by atoms with Crippen LogP contribution in [0.15, 0.2) is 54.9 Å². The third-order valence-electron chi connectivity index (χ3n) is 5.03. The predicted octanol–water partition coefficient (Wildman–Crippen LogP) is 2.23. The maximum atomic E-state index is 13.3. The van der Waals surface area contributed by atoms with Gasteiger partial charge in [-0.15, -0.1) is 0 Å². The van der Waals surface area contributed by atoms with Crippen LogP contribution < -0.4 is 16.0 Å². The lowest BCUT2D eigenvalue weighted by Crippen LogP contribution is -2.58. The lowest BCUT2D eigenvalue weighted by atomic mass is 9.97. The largest absolute Gasteiger partial charge is 0.381 e. The number of nitrogens with zero attached hydrogens (tertiary/aromatic N) is 1. The van der Waals surface area contributed by atoms with E-state index in [0.29, 0.717) is 12.0 Å². The summed E-state index contributed by atoms with van der Waals surface area (Å²) in [6, 6.07) is 10.8. The second-order valence-electron chi connectivity index (χ2n) is 9.89. The number of aliphatic hydroxyl groups is 1. The molecule has 2 rings (SSSR count). The average Bonchev–Trinajstić information content (AvgIpc) is 2.77. The Hall–Kier alpha value is -3.26. The first-order valence-corrected chi connectivity index (χ1v) is 11.5. The number of hydrogen-bond acceptors (Lipinski definition) is 5. The monoisotopic (exact) mass is 468 g/mol. The van der Waals surface area contributed by atoms with E-state index in [-0.39, 0.29) is 12.3 Å². The van der Waals surface area contributed by atoms with Crippen LogP contribution >= 0.6 is 0 Å². The number of nitrogens with one attached hydrogen (secondary N) is 3. The van der Waals surface area contributed by atoms with Crippen molar-refractivity contribution < 1.29 is 19.5 Å². The molecule has 0 radical (unpaired) electrons. The standard InChI is InChI=1S/C26H36N4O4/c1-17(2)14-21(29-23(32)19-12-9-13-27-16-19)24(33)28-20(15-18-10-7-6-8-11-18)22(31)25(34)30-26(3,4)5/h6-13,16-17,20-22,31H,14-15H2,1-5H3,(H,28,33)(H,29,32)(H,30,34)/t20?,21-,22?/m0/s1. The zero-order valence-corrected chi connectivity index (χ0v) is 20.5. The van der Waals surface area contributed by atoms with Crippen LogP contribution in [-0.4, -0.2) is 51.5 Å². The zero-order chi connectivity index (χ0) is 25.3. The van der Waals surface area contributed by atoms with Gasteiger partial charge < -0.3 is 21.1 Å². The molecule has 0 aliphatic heterocycles. The van der Waals surface area contributed by atoms with E-state index in [4.69, 9.17) is 0 Å². The Labute approximate surface area is 201 Å². The summed E-state index contributed by atoms with van der Waals surface area (Å²) in [5.41, 5.74) is 0.654. The summed E-state index contributed by atoms with van der Waals surface area (Å²) in [5, 5.41) is 19.2. The van der Waals surface area contributed by atoms with E-state index in [1.807, 2.05) is 65.0 Å². The summed E-state index contributed by atoms with van der Waals surface area (Å²) >= 11 is 0. The van der Waals surface area contributed by atoms with E-state index in [9.17, 15) is 19.5 Å². The minimum absolute atomic E-state index is 0.117. The van der Waals surface area contributed by atoms with E-state index in [1.54, 1.807) is 18.3 Å². The van der Waals surface area contributed by atoms with Gasteiger partial charge in [-0.25, -0.2) is 0 Å². The molecule has 2 aromatic rings. The van der Waals surface area contributed by atoms with E-state index in [0.717, 1.165) is 5.56 Å². The summed E-state index contributed by atoms with van der Waals surface area (Å²) in [5.74, 6) is -1.34. The average molecular weight is 469 g/mol. The minimum Gasteiger partial charge on any atom is -0.381 e. The fourth-order valence-electron chi connectivity index (χ4n) is 3.46. The van der Waals surface area contributed by atoms with Crippen molar-refractivity contribution in [2.75, 3.05) is 0 Å². The first kappa shape index (κ1) is 27.0. The molecule has 0 aliphatic carbocycles. The van der Waals surface area contributed by atoms with Gasteiger partial charge in [0.05, 0.1) is 11.6 Å². The molecule has 4 N–H and O–H groups in total. The number of hydrogen-bond donors (Lipinski definition) is 4. The van der Waals surface area contributed by atoms with E-state index in [1.165, 1.54) is 6.20 Å². The second kappa shape index (κ2) is 12.3. The maximum Gasteiger partial charge on any atom is 0.253 e. The molecule has 3 amide bonds. The summed E-state index contributed by atoms with van der Waals surface area (Å²) in [6.45, 7) is 9.34. The number of carbonyl (C=O) groups excluding carboxylic acids is 3. The smallest absolute Gasteiger partial charge is 0.253 e. The first-order valence-electron chi connectivity index (χ1n) is 11.5. The lowest BCUT2D eigenvalue weighted by molar-refractivity contribution is -0.133. The SMILES string of the molecule is CC(C)C[C@H](NC(=O)c1cccnc1)C(=O)NC(Cc1ccccc1)C(O)C(=O)NC(C)(C)C. The fraction of sp³-hybridized carbons (Fsp3) is 0.462. The number of benzene rings is 1. The molecule has 184 valence electrons. The highest BCUT2D eigenvalue weighted by Gasteiger charge is 2.32. The minimum atomic E-state index is -1.47. The van der Waals surface area contributed by atoms with Crippen molar-refractivity contribution in [2.24, 2.45) is 5.92 Å². The number of carbonyl (C=O) groups is 3. The highest BCUT2D eigenvalue weighted by atomic mass is 16.3. The van der Waals surface area contributed by atoms with Crippen molar-refractivity contribution in [3.05, 3.63) is 66.0 Å². The van der Waals surface area contributed by atoms with E-state index in [2.05, 4.69) is 20.9 Å². The Morgan fingerprint density at radius 3 is 2.21 bits per heavy atom. The van der Waals surface area contributed by atoms with Gasteiger partial charge in [-0.05, 0) is 57.2 Å². The third kappa shape index (κ3) is 8.94. The molecule has 1 aromatic heterocycles. The molecule has 1 heterocycles. The highest BCUT2D eigenvalue weighted by Crippen LogP contribution is 2.12. The molecule has 34 heavy (non-hydrogen) atoms. The van der Waals surface area contributed by atoms with Gasteiger partial charge in [0.25, 0.3) is 11.8 Å². The number of aliphatic hydroxyl groups excluding tert-OH is 1. The summed E-state index contributed by atoms with van der Waals surface area (Å²) in [6.07, 6.45) is 2.15. The van der Waals surface area contributed by atoms with Crippen LogP contribution in [0.1, 0.15) is 57.0 Å². The molecule has 2 unspecified atom stereocenters. The van der Waals surface area contributed by atoms with E-state index < -0.39 is 41.4 Å². The van der Waals surface area contributed by atoms with Gasteiger partial charge in [-0.2, -0.15) is 0 Å². The predicted molar refractivity (Wildman–Crippen MR) is 131 cm³/mol. The molecule has 0 spiro atoms. The molecule has 8 nitrogen and oxygen atoms in total. The van der Waals surface area contributed by atoms with Crippen molar-refractivity contribution in [1.29, 1.82) is 0 Å². The summed E-state index contributed by atoms with van der Waals surface area (Å²) in [7, 11) is 0. The maximum absolute atomic E-state index is 13.3. The number of aromatic nitrogens is 1. The Balaban J connectivity index is 2.23. The van der Waals surface area contributed by atoms with Crippen LogP contribution in [0.2, 0.25) is 0 Å². The summed E-state index contributed by atoms with van der Waals surface area (Å²) < 4.78 is 0. The number of rotatable bonds is 10. The third-order valence-corrected chi connectivity index (χ3v) is 5.03.